The summed E-state index contributed by atoms with van der Waals surface area (Å²) in [5, 5.41) is 0. The lowest BCUT2D eigenvalue weighted by Crippen LogP contribution is -2.42. The van der Waals surface area contributed by atoms with Gasteiger partial charge in [0.05, 0.1) is 5.69 Å². The lowest BCUT2D eigenvalue weighted by molar-refractivity contribution is 0.0655. The molecule has 0 saturated carbocycles. The average Bonchev–Trinajstić information content (AvgIpc) is 2.26. The van der Waals surface area contributed by atoms with Crippen LogP contribution in [0, 0.1) is 0 Å². The number of carbonyl (C=O) groups excluding carboxylic acids is 1. The standard InChI is InChI=1S/C12H19N3O/c1-12(2,3)15(4)11(16)9-5-6-14-10(7-9)8-13/h5-7H,8,13H2,1-4H3. The van der Waals surface area contributed by atoms with E-state index in [2.05, 4.69) is 4.98 Å². The number of rotatable bonds is 2. The van der Waals surface area contributed by atoms with Crippen molar-refractivity contribution in [3.05, 3.63) is 29.6 Å². The molecule has 0 fully saturated rings. The third-order valence-electron chi connectivity index (χ3n) is 2.58. The topological polar surface area (TPSA) is 59.2 Å². The summed E-state index contributed by atoms with van der Waals surface area (Å²) in [6, 6.07) is 3.45. The molecule has 0 aromatic carbocycles. The molecule has 0 radical (unpaired) electrons. The van der Waals surface area contributed by atoms with Gasteiger partial charge in [0, 0.05) is 30.9 Å². The number of nitrogens with two attached hydrogens (primary N) is 1. The van der Waals surface area contributed by atoms with E-state index in [0.29, 0.717) is 12.1 Å². The summed E-state index contributed by atoms with van der Waals surface area (Å²) in [6.45, 7) is 6.34. The van der Waals surface area contributed by atoms with Crippen LogP contribution in [0.3, 0.4) is 0 Å². The summed E-state index contributed by atoms with van der Waals surface area (Å²) in [4.78, 5) is 17.9. The molecule has 4 nitrogen and oxygen atoms in total. The maximum Gasteiger partial charge on any atom is 0.254 e. The Morgan fingerprint density at radius 3 is 2.62 bits per heavy atom. The molecule has 0 spiro atoms. The summed E-state index contributed by atoms with van der Waals surface area (Å²) in [5.41, 5.74) is 6.66. The first-order valence-corrected chi connectivity index (χ1v) is 5.29. The molecule has 2 N–H and O–H groups in total. The van der Waals surface area contributed by atoms with E-state index in [9.17, 15) is 4.79 Å². The van der Waals surface area contributed by atoms with E-state index < -0.39 is 0 Å². The van der Waals surface area contributed by atoms with Gasteiger partial charge in [0.2, 0.25) is 0 Å². The monoisotopic (exact) mass is 221 g/mol. The van der Waals surface area contributed by atoms with Crippen LogP contribution in [0.25, 0.3) is 0 Å². The van der Waals surface area contributed by atoms with Crippen LogP contribution in [0.1, 0.15) is 36.8 Å². The Balaban J connectivity index is 2.96. The molecule has 1 aromatic rings. The van der Waals surface area contributed by atoms with Gasteiger partial charge in [0.25, 0.3) is 5.91 Å². The number of pyridine rings is 1. The maximum absolute atomic E-state index is 12.1. The molecule has 88 valence electrons. The molecule has 4 heteroatoms. The van der Waals surface area contributed by atoms with Crippen molar-refractivity contribution in [1.82, 2.24) is 9.88 Å². The van der Waals surface area contributed by atoms with Crippen LogP contribution in [0.4, 0.5) is 0 Å². The lowest BCUT2D eigenvalue weighted by atomic mass is 10.1. The van der Waals surface area contributed by atoms with Crippen molar-refractivity contribution in [2.45, 2.75) is 32.9 Å². The van der Waals surface area contributed by atoms with Crippen molar-refractivity contribution in [3.63, 3.8) is 0 Å². The smallest absolute Gasteiger partial charge is 0.254 e. The molecule has 1 rings (SSSR count). The first kappa shape index (κ1) is 12.6. The number of aromatic nitrogens is 1. The Morgan fingerprint density at radius 1 is 1.50 bits per heavy atom. The summed E-state index contributed by atoms with van der Waals surface area (Å²) >= 11 is 0. The highest BCUT2D eigenvalue weighted by Gasteiger charge is 2.23. The second-order valence-electron chi connectivity index (χ2n) is 4.77. The van der Waals surface area contributed by atoms with Crippen LogP contribution < -0.4 is 5.73 Å². The van der Waals surface area contributed by atoms with Gasteiger partial charge >= 0.3 is 0 Å². The average molecular weight is 221 g/mol. The molecule has 1 aromatic heterocycles. The van der Waals surface area contributed by atoms with Gasteiger partial charge in [-0.05, 0) is 32.9 Å². The molecule has 0 aliphatic heterocycles. The number of hydrogen-bond donors (Lipinski definition) is 1. The molecular weight excluding hydrogens is 202 g/mol. The zero-order valence-electron chi connectivity index (χ0n) is 10.3. The van der Waals surface area contributed by atoms with Crippen molar-refractivity contribution in [3.8, 4) is 0 Å². The molecule has 0 bridgehead atoms. The van der Waals surface area contributed by atoms with E-state index in [1.807, 2.05) is 20.8 Å². The molecular formula is C12H19N3O. The fourth-order valence-electron chi connectivity index (χ4n) is 1.22. The van der Waals surface area contributed by atoms with Gasteiger partial charge in [-0.2, -0.15) is 0 Å². The minimum absolute atomic E-state index is 0.00963. The van der Waals surface area contributed by atoms with Gasteiger partial charge in [-0.15, -0.1) is 0 Å². The number of hydrogen-bond acceptors (Lipinski definition) is 3. The van der Waals surface area contributed by atoms with Gasteiger partial charge in [-0.3, -0.25) is 9.78 Å². The highest BCUT2D eigenvalue weighted by atomic mass is 16.2. The predicted octanol–water partition coefficient (Wildman–Crippen LogP) is 1.41. The SMILES string of the molecule is CN(C(=O)c1ccnc(CN)c1)C(C)(C)C. The molecule has 0 atom stereocenters. The van der Waals surface area contributed by atoms with Crippen LogP contribution in [0.15, 0.2) is 18.3 Å². The van der Waals surface area contributed by atoms with E-state index in [-0.39, 0.29) is 11.4 Å². The van der Waals surface area contributed by atoms with Crippen LogP contribution >= 0.6 is 0 Å². The van der Waals surface area contributed by atoms with Gasteiger partial charge in [-0.1, -0.05) is 0 Å². The van der Waals surface area contributed by atoms with Crippen molar-refractivity contribution in [2.24, 2.45) is 5.73 Å². The zero-order valence-corrected chi connectivity index (χ0v) is 10.3. The predicted molar refractivity (Wildman–Crippen MR) is 64.0 cm³/mol. The number of carbonyl (C=O) groups is 1. The molecule has 1 heterocycles. The van der Waals surface area contributed by atoms with Gasteiger partial charge in [-0.25, -0.2) is 0 Å². The minimum Gasteiger partial charge on any atom is -0.337 e. The Bertz CT molecular complexity index is 382. The Kier molecular flexibility index (Phi) is 3.65. The molecule has 0 unspecified atom stereocenters. The third kappa shape index (κ3) is 2.79. The molecule has 0 aliphatic rings. The van der Waals surface area contributed by atoms with Gasteiger partial charge in [0.1, 0.15) is 0 Å². The van der Waals surface area contributed by atoms with E-state index in [1.54, 1.807) is 30.3 Å². The van der Waals surface area contributed by atoms with Gasteiger partial charge < -0.3 is 10.6 Å². The highest BCUT2D eigenvalue weighted by Crippen LogP contribution is 2.14. The van der Waals surface area contributed by atoms with Crippen LogP contribution in [0.5, 0.6) is 0 Å². The largest absolute Gasteiger partial charge is 0.337 e. The second kappa shape index (κ2) is 4.61. The molecule has 0 aliphatic carbocycles. The first-order chi connectivity index (χ1) is 7.36. The zero-order chi connectivity index (χ0) is 12.3. The van der Waals surface area contributed by atoms with Crippen molar-refractivity contribution < 1.29 is 4.79 Å². The number of nitrogens with zero attached hydrogens (tertiary/aromatic N) is 2. The second-order valence-corrected chi connectivity index (χ2v) is 4.77. The Morgan fingerprint density at radius 2 is 2.12 bits per heavy atom. The van der Waals surface area contributed by atoms with E-state index in [4.69, 9.17) is 5.73 Å². The summed E-state index contributed by atoms with van der Waals surface area (Å²) in [6.07, 6.45) is 1.62. The Hall–Kier alpha value is -1.42. The first-order valence-electron chi connectivity index (χ1n) is 5.29. The van der Waals surface area contributed by atoms with Crippen molar-refractivity contribution in [1.29, 1.82) is 0 Å². The Labute approximate surface area is 96.5 Å². The maximum atomic E-state index is 12.1. The molecule has 1 amide bonds. The molecule has 0 saturated heterocycles. The summed E-state index contributed by atoms with van der Waals surface area (Å²) in [5.74, 6) is -0.00963. The van der Waals surface area contributed by atoms with Gasteiger partial charge in [0.15, 0.2) is 0 Å². The van der Waals surface area contributed by atoms with Crippen molar-refractivity contribution in [2.75, 3.05) is 7.05 Å². The van der Waals surface area contributed by atoms with Crippen molar-refractivity contribution >= 4 is 5.91 Å². The quantitative estimate of drug-likeness (QED) is 0.821. The van der Waals surface area contributed by atoms with E-state index in [0.717, 1.165) is 5.69 Å². The van der Waals surface area contributed by atoms with Crippen LogP contribution in [0.2, 0.25) is 0 Å². The third-order valence-corrected chi connectivity index (χ3v) is 2.58. The molecule has 16 heavy (non-hydrogen) atoms. The van der Waals surface area contributed by atoms with E-state index >= 15 is 0 Å². The highest BCUT2D eigenvalue weighted by molar-refractivity contribution is 5.94. The summed E-state index contributed by atoms with van der Waals surface area (Å²) in [7, 11) is 1.80. The normalized spacial score (nSPS) is 11.3. The minimum atomic E-state index is -0.191. The fraction of sp³-hybridized carbons (Fsp3) is 0.500. The van der Waals surface area contributed by atoms with Crippen LogP contribution in [-0.2, 0) is 6.54 Å². The number of amides is 1. The van der Waals surface area contributed by atoms with Crippen LogP contribution in [-0.4, -0.2) is 28.4 Å². The summed E-state index contributed by atoms with van der Waals surface area (Å²) < 4.78 is 0. The van der Waals surface area contributed by atoms with E-state index in [1.165, 1.54) is 0 Å². The lowest BCUT2D eigenvalue weighted by Gasteiger charge is -2.32. The fourth-order valence-corrected chi connectivity index (χ4v) is 1.22.